The zero-order valence-electron chi connectivity index (χ0n) is 10.1. The van der Waals surface area contributed by atoms with E-state index < -0.39 is 0 Å². The summed E-state index contributed by atoms with van der Waals surface area (Å²) in [6.45, 7) is 6.03. The van der Waals surface area contributed by atoms with Crippen LogP contribution in [0.5, 0.6) is 11.5 Å². The lowest BCUT2D eigenvalue weighted by Gasteiger charge is -2.22. The molecule has 88 valence electrons. The molecule has 0 unspecified atom stereocenters. The standard InChI is InChI=1S/C13H19NO2/c1-13(2,3)16-12-7-9(14)6-11(8-12)15-10-4-5-10/h6-8,10H,4-5,14H2,1-3H3. The number of benzene rings is 1. The van der Waals surface area contributed by atoms with E-state index in [1.54, 1.807) is 0 Å². The molecular weight excluding hydrogens is 202 g/mol. The number of ether oxygens (including phenoxy) is 2. The Morgan fingerprint density at radius 3 is 2.31 bits per heavy atom. The third-order valence-electron chi connectivity index (χ3n) is 2.15. The third kappa shape index (κ3) is 3.33. The van der Waals surface area contributed by atoms with E-state index in [9.17, 15) is 0 Å². The number of hydrogen-bond acceptors (Lipinski definition) is 3. The molecule has 0 aromatic heterocycles. The number of nitrogen functional groups attached to an aromatic ring is 1. The minimum atomic E-state index is -0.218. The minimum absolute atomic E-state index is 0.218. The topological polar surface area (TPSA) is 44.5 Å². The molecule has 1 aromatic rings. The van der Waals surface area contributed by atoms with Gasteiger partial charge < -0.3 is 15.2 Å². The summed E-state index contributed by atoms with van der Waals surface area (Å²) >= 11 is 0. The van der Waals surface area contributed by atoms with Gasteiger partial charge in [-0.3, -0.25) is 0 Å². The van der Waals surface area contributed by atoms with Crippen molar-refractivity contribution in [2.75, 3.05) is 5.73 Å². The van der Waals surface area contributed by atoms with Gasteiger partial charge in [0.25, 0.3) is 0 Å². The fourth-order valence-electron chi connectivity index (χ4n) is 1.45. The molecule has 1 saturated carbocycles. The normalized spacial score (nSPS) is 15.9. The highest BCUT2D eigenvalue weighted by Crippen LogP contribution is 2.32. The van der Waals surface area contributed by atoms with Crippen LogP contribution >= 0.6 is 0 Å². The summed E-state index contributed by atoms with van der Waals surface area (Å²) in [7, 11) is 0. The summed E-state index contributed by atoms with van der Waals surface area (Å²) < 4.78 is 11.5. The SMILES string of the molecule is CC(C)(C)Oc1cc(N)cc(OC2CC2)c1. The first kappa shape index (κ1) is 11.1. The molecule has 16 heavy (non-hydrogen) atoms. The lowest BCUT2D eigenvalue weighted by atomic mass is 10.2. The van der Waals surface area contributed by atoms with E-state index in [1.165, 1.54) is 0 Å². The first-order valence-corrected chi connectivity index (χ1v) is 5.69. The van der Waals surface area contributed by atoms with Crippen LogP contribution in [0, 0.1) is 0 Å². The minimum Gasteiger partial charge on any atom is -0.490 e. The summed E-state index contributed by atoms with van der Waals surface area (Å²) in [5, 5.41) is 0. The Balaban J connectivity index is 2.14. The first-order chi connectivity index (χ1) is 7.42. The molecule has 0 radical (unpaired) electrons. The van der Waals surface area contributed by atoms with Crippen molar-refractivity contribution in [2.45, 2.75) is 45.3 Å². The highest BCUT2D eigenvalue weighted by molar-refractivity contribution is 5.50. The van der Waals surface area contributed by atoms with Gasteiger partial charge in [0.2, 0.25) is 0 Å². The highest BCUT2D eigenvalue weighted by Gasteiger charge is 2.24. The summed E-state index contributed by atoms with van der Waals surface area (Å²) in [5.74, 6) is 1.57. The van der Waals surface area contributed by atoms with Crippen molar-refractivity contribution in [1.29, 1.82) is 0 Å². The first-order valence-electron chi connectivity index (χ1n) is 5.69. The van der Waals surface area contributed by atoms with Gasteiger partial charge >= 0.3 is 0 Å². The summed E-state index contributed by atoms with van der Waals surface area (Å²) in [6.07, 6.45) is 2.67. The van der Waals surface area contributed by atoms with Crippen molar-refractivity contribution in [1.82, 2.24) is 0 Å². The van der Waals surface area contributed by atoms with E-state index in [0.29, 0.717) is 11.8 Å². The van der Waals surface area contributed by atoms with Crippen molar-refractivity contribution in [3.8, 4) is 11.5 Å². The third-order valence-corrected chi connectivity index (χ3v) is 2.15. The van der Waals surface area contributed by atoms with Gasteiger partial charge in [0.05, 0.1) is 6.10 Å². The molecule has 0 saturated heterocycles. The number of anilines is 1. The van der Waals surface area contributed by atoms with E-state index in [4.69, 9.17) is 15.2 Å². The molecule has 0 spiro atoms. The molecule has 2 rings (SSSR count). The molecule has 0 heterocycles. The number of rotatable bonds is 3. The Hall–Kier alpha value is -1.38. The van der Waals surface area contributed by atoms with E-state index in [0.717, 1.165) is 24.3 Å². The van der Waals surface area contributed by atoms with E-state index in [2.05, 4.69) is 0 Å². The summed E-state index contributed by atoms with van der Waals surface area (Å²) in [5.41, 5.74) is 6.27. The monoisotopic (exact) mass is 221 g/mol. The fraction of sp³-hybridized carbons (Fsp3) is 0.538. The maximum atomic E-state index is 5.81. The van der Waals surface area contributed by atoms with Crippen LogP contribution in [0.15, 0.2) is 18.2 Å². The summed E-state index contributed by atoms with van der Waals surface area (Å²) in [6, 6.07) is 5.57. The molecule has 1 aromatic carbocycles. The largest absolute Gasteiger partial charge is 0.490 e. The Morgan fingerprint density at radius 2 is 1.75 bits per heavy atom. The van der Waals surface area contributed by atoms with Crippen molar-refractivity contribution < 1.29 is 9.47 Å². The predicted octanol–water partition coefficient (Wildman–Crippen LogP) is 2.99. The average Bonchev–Trinajstić information content (AvgIpc) is 2.82. The lowest BCUT2D eigenvalue weighted by molar-refractivity contribution is 0.130. The molecule has 1 aliphatic rings. The van der Waals surface area contributed by atoms with Gasteiger partial charge in [-0.05, 0) is 33.6 Å². The number of hydrogen-bond donors (Lipinski definition) is 1. The van der Waals surface area contributed by atoms with Gasteiger partial charge in [0, 0.05) is 23.9 Å². The average molecular weight is 221 g/mol. The van der Waals surface area contributed by atoms with Crippen molar-refractivity contribution >= 4 is 5.69 Å². The van der Waals surface area contributed by atoms with Crippen LogP contribution in [0.2, 0.25) is 0 Å². The smallest absolute Gasteiger partial charge is 0.125 e. The van der Waals surface area contributed by atoms with Crippen LogP contribution < -0.4 is 15.2 Å². The zero-order valence-corrected chi connectivity index (χ0v) is 10.1. The molecule has 0 bridgehead atoms. The van der Waals surface area contributed by atoms with Gasteiger partial charge in [0.1, 0.15) is 17.1 Å². The Morgan fingerprint density at radius 1 is 1.12 bits per heavy atom. The fourth-order valence-corrected chi connectivity index (χ4v) is 1.45. The maximum absolute atomic E-state index is 5.81. The molecule has 0 atom stereocenters. The van der Waals surface area contributed by atoms with Gasteiger partial charge in [-0.15, -0.1) is 0 Å². The molecular formula is C13H19NO2. The van der Waals surface area contributed by atoms with Gasteiger partial charge in [-0.2, -0.15) is 0 Å². The molecule has 1 fully saturated rings. The maximum Gasteiger partial charge on any atom is 0.125 e. The van der Waals surface area contributed by atoms with Crippen molar-refractivity contribution in [3.63, 3.8) is 0 Å². The van der Waals surface area contributed by atoms with Crippen molar-refractivity contribution in [3.05, 3.63) is 18.2 Å². The molecule has 1 aliphatic carbocycles. The Bertz CT molecular complexity index is 378. The molecule has 0 amide bonds. The van der Waals surface area contributed by atoms with E-state index in [-0.39, 0.29) is 5.60 Å². The van der Waals surface area contributed by atoms with Crippen LogP contribution in [-0.4, -0.2) is 11.7 Å². The lowest BCUT2D eigenvalue weighted by Crippen LogP contribution is -2.23. The van der Waals surface area contributed by atoms with E-state index in [1.807, 2.05) is 39.0 Å². The van der Waals surface area contributed by atoms with Gasteiger partial charge in [-0.25, -0.2) is 0 Å². The predicted molar refractivity (Wildman–Crippen MR) is 64.9 cm³/mol. The number of nitrogens with two attached hydrogens (primary N) is 1. The van der Waals surface area contributed by atoms with Crippen LogP contribution in [0.1, 0.15) is 33.6 Å². The Labute approximate surface area is 96.5 Å². The van der Waals surface area contributed by atoms with Crippen molar-refractivity contribution in [2.24, 2.45) is 0 Å². The van der Waals surface area contributed by atoms with Crippen LogP contribution in [0.3, 0.4) is 0 Å². The Kier molecular flexibility index (Phi) is 2.70. The molecule has 3 heteroatoms. The summed E-state index contributed by atoms with van der Waals surface area (Å²) in [4.78, 5) is 0. The second-order valence-electron chi connectivity index (χ2n) is 5.27. The van der Waals surface area contributed by atoms with Crippen LogP contribution in [-0.2, 0) is 0 Å². The second-order valence-corrected chi connectivity index (χ2v) is 5.27. The van der Waals surface area contributed by atoms with Gasteiger partial charge in [-0.1, -0.05) is 0 Å². The van der Waals surface area contributed by atoms with Crippen LogP contribution in [0.25, 0.3) is 0 Å². The quantitative estimate of drug-likeness (QED) is 0.798. The second kappa shape index (κ2) is 3.89. The van der Waals surface area contributed by atoms with Gasteiger partial charge in [0.15, 0.2) is 0 Å². The highest BCUT2D eigenvalue weighted by atomic mass is 16.5. The van der Waals surface area contributed by atoms with E-state index >= 15 is 0 Å². The molecule has 2 N–H and O–H groups in total. The zero-order chi connectivity index (χ0) is 11.8. The van der Waals surface area contributed by atoms with Crippen LogP contribution in [0.4, 0.5) is 5.69 Å². The molecule has 3 nitrogen and oxygen atoms in total. The molecule has 0 aliphatic heterocycles.